The minimum Gasteiger partial charge on any atom is -0.324 e. The SMILES string of the molecule is C[C@@H]1Sc2ccc(C(=O)Nc3nc(-c4cc(F)ccc4F)cs3)cc2NC1=O. The zero-order valence-corrected chi connectivity index (χ0v) is 16.1. The molecule has 142 valence electrons. The monoisotopic (exact) mass is 417 g/mol. The highest BCUT2D eigenvalue weighted by Crippen LogP contribution is 2.36. The first-order chi connectivity index (χ1) is 13.4. The molecule has 0 saturated heterocycles. The third-order valence-corrected chi connectivity index (χ3v) is 6.04. The molecule has 2 aromatic carbocycles. The number of thiazole rings is 1. The van der Waals surface area contributed by atoms with Crippen LogP contribution in [0.1, 0.15) is 17.3 Å². The van der Waals surface area contributed by atoms with Crippen LogP contribution in [0.4, 0.5) is 19.6 Å². The molecule has 1 aromatic heterocycles. The molecule has 0 unspecified atom stereocenters. The zero-order valence-electron chi connectivity index (χ0n) is 14.5. The molecule has 0 saturated carbocycles. The minimum absolute atomic E-state index is 0.0272. The Morgan fingerprint density at radius 3 is 2.86 bits per heavy atom. The van der Waals surface area contributed by atoms with E-state index < -0.39 is 17.5 Å². The van der Waals surface area contributed by atoms with Crippen molar-refractivity contribution in [2.75, 3.05) is 10.6 Å². The molecule has 0 bridgehead atoms. The standard InChI is InChI=1S/C19H13F2N3O2S2/c1-9-17(25)22-14-6-10(2-5-16(14)28-9)18(26)24-19-23-15(8-27-19)12-7-11(20)3-4-13(12)21/h2-9H,1H3,(H,22,25)(H,23,24,26)/t9-/m0/s1. The predicted molar refractivity (Wildman–Crippen MR) is 106 cm³/mol. The van der Waals surface area contributed by atoms with E-state index in [1.807, 2.05) is 6.92 Å². The fourth-order valence-corrected chi connectivity index (χ4v) is 4.30. The summed E-state index contributed by atoms with van der Waals surface area (Å²) in [6, 6.07) is 8.15. The van der Waals surface area contributed by atoms with Crippen LogP contribution < -0.4 is 10.6 Å². The third-order valence-electron chi connectivity index (χ3n) is 4.10. The maximum Gasteiger partial charge on any atom is 0.257 e. The van der Waals surface area contributed by atoms with Crippen LogP contribution >= 0.6 is 23.1 Å². The van der Waals surface area contributed by atoms with Crippen LogP contribution in [-0.2, 0) is 4.79 Å². The van der Waals surface area contributed by atoms with Gasteiger partial charge in [0, 0.05) is 21.4 Å². The number of aromatic nitrogens is 1. The van der Waals surface area contributed by atoms with E-state index in [1.54, 1.807) is 23.6 Å². The minimum atomic E-state index is -0.596. The van der Waals surface area contributed by atoms with Crippen molar-refractivity contribution in [1.82, 2.24) is 4.98 Å². The average Bonchev–Trinajstić information content (AvgIpc) is 3.12. The van der Waals surface area contributed by atoms with Crippen molar-refractivity contribution in [2.45, 2.75) is 17.1 Å². The summed E-state index contributed by atoms with van der Waals surface area (Å²) in [4.78, 5) is 29.4. The number of hydrogen-bond acceptors (Lipinski definition) is 5. The molecule has 2 N–H and O–H groups in total. The summed E-state index contributed by atoms with van der Waals surface area (Å²) in [6.45, 7) is 1.81. The lowest BCUT2D eigenvalue weighted by Gasteiger charge is -2.21. The van der Waals surface area contributed by atoms with Crippen molar-refractivity contribution in [3.05, 3.63) is 59.0 Å². The average molecular weight is 417 g/mol. The topological polar surface area (TPSA) is 71.1 Å². The quantitative estimate of drug-likeness (QED) is 0.644. The van der Waals surface area contributed by atoms with Gasteiger partial charge in [-0.2, -0.15) is 0 Å². The second-order valence-electron chi connectivity index (χ2n) is 6.08. The van der Waals surface area contributed by atoms with E-state index >= 15 is 0 Å². The van der Waals surface area contributed by atoms with Crippen LogP contribution in [0.2, 0.25) is 0 Å². The van der Waals surface area contributed by atoms with Crippen molar-refractivity contribution >= 4 is 45.7 Å². The third kappa shape index (κ3) is 3.63. The molecule has 2 heterocycles. The van der Waals surface area contributed by atoms with Gasteiger partial charge < -0.3 is 5.32 Å². The lowest BCUT2D eigenvalue weighted by molar-refractivity contribution is -0.115. The smallest absolute Gasteiger partial charge is 0.257 e. The van der Waals surface area contributed by atoms with Gasteiger partial charge in [-0.15, -0.1) is 23.1 Å². The molecule has 4 rings (SSSR count). The fourth-order valence-electron chi connectivity index (χ4n) is 2.67. The van der Waals surface area contributed by atoms with Crippen LogP contribution in [0, 0.1) is 11.6 Å². The van der Waals surface area contributed by atoms with Crippen LogP contribution in [0.3, 0.4) is 0 Å². The summed E-state index contributed by atoms with van der Waals surface area (Å²) in [5.74, 6) is -1.70. The number of amides is 2. The predicted octanol–water partition coefficient (Wildman–Crippen LogP) is 4.77. The van der Waals surface area contributed by atoms with Gasteiger partial charge in [-0.3, -0.25) is 14.9 Å². The zero-order chi connectivity index (χ0) is 19.8. The molecule has 9 heteroatoms. The Bertz CT molecular complexity index is 1100. The first kappa shape index (κ1) is 18.6. The van der Waals surface area contributed by atoms with E-state index in [2.05, 4.69) is 15.6 Å². The number of nitrogens with zero attached hydrogens (tertiary/aromatic N) is 1. The van der Waals surface area contributed by atoms with E-state index in [1.165, 1.54) is 11.8 Å². The number of anilines is 2. The fraction of sp³-hybridized carbons (Fsp3) is 0.105. The van der Waals surface area contributed by atoms with E-state index in [0.717, 1.165) is 34.4 Å². The Kier molecular flexibility index (Phi) is 4.86. The lowest BCUT2D eigenvalue weighted by atomic mass is 10.1. The second kappa shape index (κ2) is 7.33. The number of nitrogens with one attached hydrogen (secondary N) is 2. The summed E-state index contributed by atoms with van der Waals surface area (Å²) >= 11 is 2.53. The second-order valence-corrected chi connectivity index (χ2v) is 8.32. The van der Waals surface area contributed by atoms with Crippen LogP contribution in [0.5, 0.6) is 0 Å². The molecule has 2 amide bonds. The van der Waals surface area contributed by atoms with E-state index in [-0.39, 0.29) is 27.5 Å². The van der Waals surface area contributed by atoms with Crippen molar-refractivity contribution in [3.63, 3.8) is 0 Å². The molecule has 5 nitrogen and oxygen atoms in total. The molecular weight excluding hydrogens is 404 g/mol. The van der Waals surface area contributed by atoms with Crippen LogP contribution in [0.15, 0.2) is 46.7 Å². The van der Waals surface area contributed by atoms with Gasteiger partial charge in [-0.1, -0.05) is 0 Å². The van der Waals surface area contributed by atoms with Crippen molar-refractivity contribution in [1.29, 1.82) is 0 Å². The van der Waals surface area contributed by atoms with Gasteiger partial charge in [-0.25, -0.2) is 13.8 Å². The van der Waals surface area contributed by atoms with Crippen molar-refractivity contribution in [2.24, 2.45) is 0 Å². The van der Waals surface area contributed by atoms with Crippen molar-refractivity contribution in [3.8, 4) is 11.3 Å². The first-order valence-corrected chi connectivity index (χ1v) is 10.0. The molecule has 28 heavy (non-hydrogen) atoms. The molecule has 0 fully saturated rings. The Labute approximate surface area is 167 Å². The summed E-state index contributed by atoms with van der Waals surface area (Å²) in [6.07, 6.45) is 0. The normalized spacial score (nSPS) is 15.7. The van der Waals surface area contributed by atoms with Gasteiger partial charge in [0.2, 0.25) is 5.91 Å². The number of rotatable bonds is 3. The number of fused-ring (bicyclic) bond motifs is 1. The number of halogens is 2. The van der Waals surface area contributed by atoms with Gasteiger partial charge in [0.25, 0.3) is 5.91 Å². The van der Waals surface area contributed by atoms with Crippen molar-refractivity contribution < 1.29 is 18.4 Å². The van der Waals surface area contributed by atoms with E-state index in [0.29, 0.717) is 11.3 Å². The van der Waals surface area contributed by atoms with Gasteiger partial charge in [-0.05, 0) is 43.3 Å². The number of carbonyl (C=O) groups is 2. The van der Waals surface area contributed by atoms with Gasteiger partial charge in [0.05, 0.1) is 16.6 Å². The van der Waals surface area contributed by atoms with Gasteiger partial charge in [0.1, 0.15) is 11.6 Å². The molecular formula is C19H13F2N3O2S2. The van der Waals surface area contributed by atoms with Crippen LogP contribution in [0.25, 0.3) is 11.3 Å². The summed E-state index contributed by atoms with van der Waals surface area (Å²) < 4.78 is 27.3. The molecule has 1 aliphatic heterocycles. The van der Waals surface area contributed by atoms with E-state index in [4.69, 9.17) is 0 Å². The summed E-state index contributed by atoms with van der Waals surface area (Å²) in [5, 5.41) is 7.03. The number of benzene rings is 2. The highest BCUT2D eigenvalue weighted by Gasteiger charge is 2.24. The molecule has 0 radical (unpaired) electrons. The Morgan fingerprint density at radius 2 is 2.04 bits per heavy atom. The van der Waals surface area contributed by atoms with Gasteiger partial charge in [0.15, 0.2) is 5.13 Å². The Morgan fingerprint density at radius 1 is 1.21 bits per heavy atom. The Hall–Kier alpha value is -2.78. The summed E-state index contributed by atoms with van der Waals surface area (Å²) in [7, 11) is 0. The molecule has 1 aliphatic rings. The molecule has 0 aliphatic carbocycles. The largest absolute Gasteiger partial charge is 0.324 e. The first-order valence-electron chi connectivity index (χ1n) is 8.24. The highest BCUT2D eigenvalue weighted by molar-refractivity contribution is 8.00. The number of hydrogen-bond donors (Lipinski definition) is 2. The maximum atomic E-state index is 13.9. The molecule has 3 aromatic rings. The number of carbonyl (C=O) groups excluding carboxylic acids is 2. The highest BCUT2D eigenvalue weighted by atomic mass is 32.2. The van der Waals surface area contributed by atoms with Gasteiger partial charge >= 0.3 is 0 Å². The number of thioether (sulfide) groups is 1. The van der Waals surface area contributed by atoms with Crippen LogP contribution in [-0.4, -0.2) is 22.0 Å². The maximum absolute atomic E-state index is 13.9. The summed E-state index contributed by atoms with van der Waals surface area (Å²) in [5.41, 5.74) is 1.20. The van der Waals surface area contributed by atoms with E-state index in [9.17, 15) is 18.4 Å². The lowest BCUT2D eigenvalue weighted by Crippen LogP contribution is -2.26. The molecule has 0 spiro atoms. The molecule has 1 atom stereocenters. The Balaban J connectivity index is 1.53.